The van der Waals surface area contributed by atoms with Crippen LogP contribution in [0, 0.1) is 0 Å². The minimum Gasteiger partial charge on any atom is -0.324 e. The molecule has 0 saturated carbocycles. The van der Waals surface area contributed by atoms with Crippen LogP contribution in [0.4, 0.5) is 5.69 Å². The van der Waals surface area contributed by atoms with Gasteiger partial charge in [-0.2, -0.15) is 0 Å². The van der Waals surface area contributed by atoms with Gasteiger partial charge in [0.1, 0.15) is 5.78 Å². The number of rotatable bonds is 3. The topological polar surface area (TPSA) is 49.4 Å². The second-order valence-corrected chi connectivity index (χ2v) is 5.39. The minimum absolute atomic E-state index is 0.0271. The molecule has 0 unspecified atom stereocenters. The van der Waals surface area contributed by atoms with E-state index in [1.807, 2.05) is 47.4 Å². The van der Waals surface area contributed by atoms with Crippen LogP contribution in [0.5, 0.6) is 0 Å². The smallest absolute Gasteiger partial charge is 0.238 e. The van der Waals surface area contributed by atoms with Crippen molar-refractivity contribution in [1.82, 2.24) is 4.90 Å². The lowest BCUT2D eigenvalue weighted by Gasteiger charge is -2.25. The zero-order valence-corrected chi connectivity index (χ0v) is 11.8. The van der Waals surface area contributed by atoms with Gasteiger partial charge in [-0.3, -0.25) is 14.5 Å². The first kappa shape index (κ1) is 13.8. The average molecular weight is 282 g/mol. The zero-order chi connectivity index (χ0) is 14.7. The third-order valence-electron chi connectivity index (χ3n) is 3.84. The number of Topliss-reactive ketones (excluding diaryl/α,β-unsaturated/α-hetero) is 1. The maximum atomic E-state index is 12.2. The van der Waals surface area contributed by atoms with Crippen LogP contribution in [-0.2, 0) is 9.59 Å². The van der Waals surface area contributed by atoms with Gasteiger partial charge in [0.05, 0.1) is 6.54 Å². The SMILES string of the molecule is O=C1CCN(CC(=O)Nc2cccc3ccccc23)CC1. The van der Waals surface area contributed by atoms with E-state index in [0.717, 1.165) is 16.5 Å². The molecule has 108 valence electrons. The standard InChI is InChI=1S/C17H18N2O2/c20-14-8-10-19(11-9-14)12-17(21)18-16-7-3-5-13-4-1-2-6-15(13)16/h1-7H,8-12H2,(H,18,21). The van der Waals surface area contributed by atoms with Crippen LogP contribution < -0.4 is 5.32 Å². The van der Waals surface area contributed by atoms with Crippen LogP contribution in [-0.4, -0.2) is 36.2 Å². The Morgan fingerprint density at radius 3 is 2.57 bits per heavy atom. The molecule has 0 bridgehead atoms. The molecule has 1 saturated heterocycles. The fourth-order valence-electron chi connectivity index (χ4n) is 2.69. The lowest BCUT2D eigenvalue weighted by Crippen LogP contribution is -2.39. The van der Waals surface area contributed by atoms with E-state index in [4.69, 9.17) is 0 Å². The molecule has 1 fully saturated rings. The van der Waals surface area contributed by atoms with Gasteiger partial charge in [0.25, 0.3) is 0 Å². The number of fused-ring (bicyclic) bond motifs is 1. The molecule has 1 aliphatic heterocycles. The Hall–Kier alpha value is -2.20. The lowest BCUT2D eigenvalue weighted by atomic mass is 10.1. The number of hydrogen-bond donors (Lipinski definition) is 1. The van der Waals surface area contributed by atoms with E-state index in [1.54, 1.807) is 0 Å². The van der Waals surface area contributed by atoms with Crippen LogP contribution in [0.25, 0.3) is 10.8 Å². The molecule has 4 nitrogen and oxygen atoms in total. The maximum Gasteiger partial charge on any atom is 0.238 e. The second kappa shape index (κ2) is 6.06. The summed E-state index contributed by atoms with van der Waals surface area (Å²) < 4.78 is 0. The Bertz CT molecular complexity index is 666. The number of hydrogen-bond acceptors (Lipinski definition) is 3. The summed E-state index contributed by atoms with van der Waals surface area (Å²) in [4.78, 5) is 25.4. The van der Waals surface area contributed by atoms with Crippen molar-refractivity contribution in [2.45, 2.75) is 12.8 Å². The summed E-state index contributed by atoms with van der Waals surface area (Å²) in [6.07, 6.45) is 1.11. The van der Waals surface area contributed by atoms with Crippen molar-refractivity contribution in [2.24, 2.45) is 0 Å². The average Bonchev–Trinajstić information content (AvgIpc) is 2.50. The van der Waals surface area contributed by atoms with Gasteiger partial charge in [-0.25, -0.2) is 0 Å². The maximum absolute atomic E-state index is 12.2. The molecule has 3 rings (SSSR count). The highest BCUT2D eigenvalue weighted by Crippen LogP contribution is 2.22. The normalized spacial score (nSPS) is 16.1. The number of nitrogens with zero attached hydrogens (tertiary/aromatic N) is 1. The first-order valence-electron chi connectivity index (χ1n) is 7.24. The van der Waals surface area contributed by atoms with Crippen LogP contribution in [0.2, 0.25) is 0 Å². The number of likely N-dealkylation sites (tertiary alicyclic amines) is 1. The van der Waals surface area contributed by atoms with Gasteiger partial charge in [0.2, 0.25) is 5.91 Å². The van der Waals surface area contributed by atoms with Gasteiger partial charge >= 0.3 is 0 Å². The first-order chi connectivity index (χ1) is 10.2. The highest BCUT2D eigenvalue weighted by molar-refractivity contribution is 6.02. The molecular weight excluding hydrogens is 264 g/mol. The number of ketones is 1. The van der Waals surface area contributed by atoms with Gasteiger partial charge in [-0.05, 0) is 11.5 Å². The summed E-state index contributed by atoms with van der Waals surface area (Å²) in [7, 11) is 0. The van der Waals surface area contributed by atoms with Crippen molar-refractivity contribution in [3.8, 4) is 0 Å². The molecule has 21 heavy (non-hydrogen) atoms. The molecule has 2 aromatic carbocycles. The van der Waals surface area contributed by atoms with E-state index in [2.05, 4.69) is 5.32 Å². The second-order valence-electron chi connectivity index (χ2n) is 5.39. The van der Waals surface area contributed by atoms with Gasteiger partial charge < -0.3 is 5.32 Å². The molecule has 4 heteroatoms. The number of nitrogens with one attached hydrogen (secondary N) is 1. The van der Waals surface area contributed by atoms with Crippen LogP contribution >= 0.6 is 0 Å². The molecule has 0 aromatic heterocycles. The van der Waals surface area contributed by atoms with Crippen molar-refractivity contribution in [2.75, 3.05) is 25.0 Å². The Balaban J connectivity index is 1.67. The van der Waals surface area contributed by atoms with Crippen LogP contribution in [0.15, 0.2) is 42.5 Å². The van der Waals surface area contributed by atoms with E-state index in [0.29, 0.717) is 38.3 Å². The molecule has 2 aromatic rings. The molecule has 0 radical (unpaired) electrons. The van der Waals surface area contributed by atoms with Crippen molar-refractivity contribution in [1.29, 1.82) is 0 Å². The van der Waals surface area contributed by atoms with E-state index in [9.17, 15) is 9.59 Å². The monoisotopic (exact) mass is 282 g/mol. The predicted molar refractivity (Wildman–Crippen MR) is 83.3 cm³/mol. The summed E-state index contributed by atoms with van der Waals surface area (Å²) in [6.45, 7) is 1.71. The Morgan fingerprint density at radius 1 is 1.05 bits per heavy atom. The Kier molecular flexibility index (Phi) is 3.97. The largest absolute Gasteiger partial charge is 0.324 e. The Morgan fingerprint density at radius 2 is 1.76 bits per heavy atom. The molecular formula is C17H18N2O2. The summed E-state index contributed by atoms with van der Waals surface area (Å²) in [5.41, 5.74) is 0.839. The molecule has 0 spiro atoms. The van der Waals surface area contributed by atoms with Crippen molar-refractivity contribution in [3.63, 3.8) is 0 Å². The van der Waals surface area contributed by atoms with Crippen molar-refractivity contribution < 1.29 is 9.59 Å². The lowest BCUT2D eigenvalue weighted by molar-refractivity contribution is -0.124. The molecule has 1 N–H and O–H groups in total. The van der Waals surface area contributed by atoms with E-state index in [-0.39, 0.29) is 5.91 Å². The van der Waals surface area contributed by atoms with Crippen molar-refractivity contribution >= 4 is 28.2 Å². The van der Waals surface area contributed by atoms with Gasteiger partial charge in [0, 0.05) is 37.0 Å². The Labute approximate surface area is 123 Å². The number of amides is 1. The molecule has 1 heterocycles. The highest BCUT2D eigenvalue weighted by atomic mass is 16.2. The van der Waals surface area contributed by atoms with Crippen molar-refractivity contribution in [3.05, 3.63) is 42.5 Å². The summed E-state index contributed by atoms with van der Waals surface area (Å²) in [5.74, 6) is 0.265. The van der Waals surface area contributed by atoms with Gasteiger partial charge in [-0.15, -0.1) is 0 Å². The van der Waals surface area contributed by atoms with E-state index in [1.165, 1.54) is 0 Å². The number of carbonyl (C=O) groups is 2. The van der Waals surface area contributed by atoms with E-state index >= 15 is 0 Å². The first-order valence-corrected chi connectivity index (χ1v) is 7.24. The number of carbonyl (C=O) groups excluding carboxylic acids is 2. The van der Waals surface area contributed by atoms with E-state index < -0.39 is 0 Å². The molecule has 0 atom stereocenters. The predicted octanol–water partition coefficient (Wildman–Crippen LogP) is 2.44. The zero-order valence-electron chi connectivity index (χ0n) is 11.8. The highest BCUT2D eigenvalue weighted by Gasteiger charge is 2.18. The number of benzene rings is 2. The number of piperidine rings is 1. The fraction of sp³-hybridized carbons (Fsp3) is 0.294. The third-order valence-corrected chi connectivity index (χ3v) is 3.84. The number of anilines is 1. The minimum atomic E-state index is -0.0271. The summed E-state index contributed by atoms with van der Waals surface area (Å²) in [5, 5.41) is 5.13. The van der Waals surface area contributed by atoms with Gasteiger partial charge in [-0.1, -0.05) is 36.4 Å². The molecule has 1 amide bonds. The third kappa shape index (κ3) is 3.28. The fourth-order valence-corrected chi connectivity index (χ4v) is 2.69. The summed E-state index contributed by atoms with van der Waals surface area (Å²) in [6, 6.07) is 13.9. The summed E-state index contributed by atoms with van der Waals surface area (Å²) >= 11 is 0. The quantitative estimate of drug-likeness (QED) is 0.940. The van der Waals surface area contributed by atoms with Crippen LogP contribution in [0.3, 0.4) is 0 Å². The van der Waals surface area contributed by atoms with Crippen LogP contribution in [0.1, 0.15) is 12.8 Å². The molecule has 0 aliphatic carbocycles. The molecule has 1 aliphatic rings. The van der Waals surface area contributed by atoms with Gasteiger partial charge in [0.15, 0.2) is 0 Å².